The molecule has 0 aromatic heterocycles. The Labute approximate surface area is 75.6 Å². The molecule has 1 unspecified atom stereocenters. The molecule has 0 rings (SSSR count). The van der Waals surface area contributed by atoms with Gasteiger partial charge >= 0.3 is 0 Å². The van der Waals surface area contributed by atoms with Gasteiger partial charge in [0, 0.05) is 19.1 Å². The topological polar surface area (TPSA) is 49.5 Å². The third-order valence-electron chi connectivity index (χ3n) is 1.96. The van der Waals surface area contributed by atoms with Crippen LogP contribution in [0.15, 0.2) is 0 Å². The summed E-state index contributed by atoms with van der Waals surface area (Å²) in [6.45, 7) is 10.1. The van der Waals surface area contributed by atoms with Crippen molar-refractivity contribution in [3.63, 3.8) is 0 Å². The number of aliphatic hydroxyl groups is 1. The standard InChI is InChI=1S/C9H22N2O/c1-5-11(8(2)6-10)7-9(3,4)12/h8,12H,5-7,10H2,1-4H3. The monoisotopic (exact) mass is 174 g/mol. The van der Waals surface area contributed by atoms with E-state index in [0.29, 0.717) is 19.1 Å². The van der Waals surface area contributed by atoms with Crippen molar-refractivity contribution in [2.24, 2.45) is 5.73 Å². The lowest BCUT2D eigenvalue weighted by molar-refractivity contribution is 0.0265. The van der Waals surface area contributed by atoms with Gasteiger partial charge in [-0.05, 0) is 27.3 Å². The van der Waals surface area contributed by atoms with Crippen LogP contribution in [0, 0.1) is 0 Å². The first kappa shape index (κ1) is 11.9. The molecule has 0 radical (unpaired) electrons. The summed E-state index contributed by atoms with van der Waals surface area (Å²) < 4.78 is 0. The second kappa shape index (κ2) is 4.80. The highest BCUT2D eigenvalue weighted by atomic mass is 16.3. The lowest BCUT2D eigenvalue weighted by atomic mass is 10.1. The van der Waals surface area contributed by atoms with Gasteiger partial charge in [-0.15, -0.1) is 0 Å². The van der Waals surface area contributed by atoms with E-state index in [1.807, 2.05) is 13.8 Å². The van der Waals surface area contributed by atoms with Crippen LogP contribution >= 0.6 is 0 Å². The Bertz CT molecular complexity index is 120. The van der Waals surface area contributed by atoms with Crippen LogP contribution in [0.5, 0.6) is 0 Å². The van der Waals surface area contributed by atoms with Crippen LogP contribution in [-0.2, 0) is 0 Å². The number of likely N-dealkylation sites (N-methyl/N-ethyl adjacent to an activating group) is 1. The average molecular weight is 174 g/mol. The van der Waals surface area contributed by atoms with Gasteiger partial charge in [0.1, 0.15) is 0 Å². The zero-order valence-corrected chi connectivity index (χ0v) is 8.67. The molecule has 0 bridgehead atoms. The van der Waals surface area contributed by atoms with E-state index in [1.54, 1.807) is 0 Å². The fraction of sp³-hybridized carbons (Fsp3) is 1.00. The highest BCUT2D eigenvalue weighted by Crippen LogP contribution is 2.07. The van der Waals surface area contributed by atoms with E-state index in [-0.39, 0.29) is 0 Å². The summed E-state index contributed by atoms with van der Waals surface area (Å²) in [4.78, 5) is 2.18. The first-order chi connectivity index (χ1) is 5.40. The van der Waals surface area contributed by atoms with Crippen LogP contribution in [0.1, 0.15) is 27.7 Å². The maximum absolute atomic E-state index is 9.58. The van der Waals surface area contributed by atoms with E-state index in [9.17, 15) is 5.11 Å². The van der Waals surface area contributed by atoms with Crippen molar-refractivity contribution in [3.8, 4) is 0 Å². The van der Waals surface area contributed by atoms with E-state index in [1.165, 1.54) is 0 Å². The summed E-state index contributed by atoms with van der Waals surface area (Å²) >= 11 is 0. The molecule has 0 aliphatic rings. The zero-order valence-electron chi connectivity index (χ0n) is 8.67. The van der Waals surface area contributed by atoms with Gasteiger partial charge in [-0.25, -0.2) is 0 Å². The Balaban J connectivity index is 3.99. The van der Waals surface area contributed by atoms with Crippen molar-refractivity contribution in [2.45, 2.75) is 39.3 Å². The minimum absolute atomic E-state index is 0.349. The van der Waals surface area contributed by atoms with Gasteiger partial charge in [0.2, 0.25) is 0 Å². The van der Waals surface area contributed by atoms with E-state index in [2.05, 4.69) is 18.7 Å². The lowest BCUT2D eigenvalue weighted by Gasteiger charge is -2.32. The number of rotatable bonds is 5. The molecule has 0 aliphatic heterocycles. The molecule has 3 heteroatoms. The summed E-state index contributed by atoms with van der Waals surface area (Å²) in [5.41, 5.74) is 4.92. The van der Waals surface area contributed by atoms with Gasteiger partial charge < -0.3 is 10.8 Å². The molecule has 3 nitrogen and oxygen atoms in total. The van der Waals surface area contributed by atoms with Crippen molar-refractivity contribution in [3.05, 3.63) is 0 Å². The highest BCUT2D eigenvalue weighted by molar-refractivity contribution is 4.75. The van der Waals surface area contributed by atoms with Crippen molar-refractivity contribution in [1.29, 1.82) is 0 Å². The fourth-order valence-electron chi connectivity index (χ4n) is 1.23. The zero-order chi connectivity index (χ0) is 9.78. The summed E-state index contributed by atoms with van der Waals surface area (Å²) in [5, 5.41) is 9.58. The van der Waals surface area contributed by atoms with Crippen molar-refractivity contribution >= 4 is 0 Å². The van der Waals surface area contributed by atoms with Gasteiger partial charge in [0.15, 0.2) is 0 Å². The van der Waals surface area contributed by atoms with E-state index in [0.717, 1.165) is 6.54 Å². The SMILES string of the molecule is CCN(CC(C)(C)O)C(C)CN. The lowest BCUT2D eigenvalue weighted by Crippen LogP contribution is -2.45. The van der Waals surface area contributed by atoms with E-state index < -0.39 is 5.60 Å². The van der Waals surface area contributed by atoms with Crippen LogP contribution in [0.2, 0.25) is 0 Å². The minimum atomic E-state index is -0.626. The van der Waals surface area contributed by atoms with E-state index in [4.69, 9.17) is 5.73 Å². The third-order valence-corrected chi connectivity index (χ3v) is 1.96. The summed E-state index contributed by atoms with van der Waals surface area (Å²) in [7, 11) is 0. The van der Waals surface area contributed by atoms with Crippen molar-refractivity contribution in [1.82, 2.24) is 4.90 Å². The number of hydrogen-bond donors (Lipinski definition) is 2. The predicted octanol–water partition coefficient (Wildman–Crippen LogP) is 0.426. The highest BCUT2D eigenvalue weighted by Gasteiger charge is 2.19. The Morgan fingerprint density at radius 2 is 2.00 bits per heavy atom. The molecule has 0 spiro atoms. The average Bonchev–Trinajstić information content (AvgIpc) is 1.97. The Morgan fingerprint density at radius 3 is 2.25 bits per heavy atom. The molecule has 74 valence electrons. The molecular formula is C9H22N2O. The van der Waals surface area contributed by atoms with Gasteiger partial charge in [-0.3, -0.25) is 4.90 Å². The van der Waals surface area contributed by atoms with Gasteiger partial charge in [0.05, 0.1) is 5.60 Å². The molecule has 0 heterocycles. The van der Waals surface area contributed by atoms with E-state index >= 15 is 0 Å². The number of hydrogen-bond acceptors (Lipinski definition) is 3. The predicted molar refractivity (Wildman–Crippen MR) is 52.1 cm³/mol. The molecule has 3 N–H and O–H groups in total. The fourth-order valence-corrected chi connectivity index (χ4v) is 1.23. The maximum Gasteiger partial charge on any atom is 0.0718 e. The molecular weight excluding hydrogens is 152 g/mol. The Morgan fingerprint density at radius 1 is 1.50 bits per heavy atom. The van der Waals surface area contributed by atoms with Crippen LogP contribution in [0.3, 0.4) is 0 Å². The molecule has 0 aliphatic carbocycles. The van der Waals surface area contributed by atoms with Crippen molar-refractivity contribution in [2.75, 3.05) is 19.6 Å². The van der Waals surface area contributed by atoms with Gasteiger partial charge in [0.25, 0.3) is 0 Å². The smallest absolute Gasteiger partial charge is 0.0718 e. The second-order valence-corrected chi connectivity index (χ2v) is 3.96. The minimum Gasteiger partial charge on any atom is -0.389 e. The molecule has 0 fully saturated rings. The van der Waals surface area contributed by atoms with Crippen LogP contribution in [0.4, 0.5) is 0 Å². The summed E-state index contributed by atoms with van der Waals surface area (Å²) in [6, 6.07) is 0.349. The quantitative estimate of drug-likeness (QED) is 0.635. The molecule has 0 aromatic rings. The van der Waals surface area contributed by atoms with Gasteiger partial charge in [-0.1, -0.05) is 6.92 Å². The first-order valence-corrected chi connectivity index (χ1v) is 4.57. The van der Waals surface area contributed by atoms with Crippen LogP contribution in [-0.4, -0.2) is 41.3 Å². The second-order valence-electron chi connectivity index (χ2n) is 3.96. The molecule has 0 aromatic carbocycles. The van der Waals surface area contributed by atoms with Crippen LogP contribution < -0.4 is 5.73 Å². The molecule has 12 heavy (non-hydrogen) atoms. The first-order valence-electron chi connectivity index (χ1n) is 4.57. The third kappa shape index (κ3) is 4.70. The van der Waals surface area contributed by atoms with Crippen molar-refractivity contribution < 1.29 is 5.11 Å². The molecule has 0 saturated heterocycles. The maximum atomic E-state index is 9.58. The normalized spacial score (nSPS) is 15.2. The number of nitrogens with two attached hydrogens (primary N) is 1. The van der Waals surface area contributed by atoms with Gasteiger partial charge in [-0.2, -0.15) is 0 Å². The Kier molecular flexibility index (Phi) is 4.75. The Hall–Kier alpha value is -0.120. The molecule has 0 saturated carbocycles. The largest absolute Gasteiger partial charge is 0.389 e. The summed E-state index contributed by atoms with van der Waals surface area (Å²) in [5.74, 6) is 0. The summed E-state index contributed by atoms with van der Waals surface area (Å²) in [6.07, 6.45) is 0. The number of nitrogens with zero attached hydrogens (tertiary/aromatic N) is 1. The van der Waals surface area contributed by atoms with Crippen LogP contribution in [0.25, 0.3) is 0 Å². The molecule has 0 amide bonds. The molecule has 1 atom stereocenters.